The summed E-state index contributed by atoms with van der Waals surface area (Å²) in [6.07, 6.45) is 0. The third-order valence-corrected chi connectivity index (χ3v) is 2.72. The molecule has 0 radical (unpaired) electrons. The van der Waals surface area contributed by atoms with Gasteiger partial charge in [-0.3, -0.25) is 19.8 Å². The number of aromatic nitrogens is 2. The Morgan fingerprint density at radius 1 is 1.36 bits per heavy atom. The summed E-state index contributed by atoms with van der Waals surface area (Å²) < 4.78 is 0. The number of hydrogen-bond donors (Lipinski definition) is 3. The highest BCUT2D eigenvalue weighted by molar-refractivity contribution is 8.14. The van der Waals surface area contributed by atoms with E-state index in [2.05, 4.69) is 9.98 Å². The molecule has 3 N–H and O–H groups in total. The molecular formula is C7H7N3O3S. The Hall–Kier alpha value is -1.50. The molecule has 2 heterocycles. The Balaban J connectivity index is 2.63. The minimum Gasteiger partial charge on any atom is -0.494 e. The highest BCUT2D eigenvalue weighted by Crippen LogP contribution is 2.20. The number of hydrogen-bond acceptors (Lipinski definition) is 5. The zero-order valence-corrected chi connectivity index (χ0v) is 7.85. The maximum Gasteiger partial charge on any atom is 0.328 e. The van der Waals surface area contributed by atoms with Gasteiger partial charge in [0, 0.05) is 12.3 Å². The van der Waals surface area contributed by atoms with Crippen LogP contribution in [0, 0.1) is 0 Å². The zero-order valence-electron chi connectivity index (χ0n) is 7.03. The number of aromatic hydroxyl groups is 1. The van der Waals surface area contributed by atoms with E-state index in [1.807, 2.05) is 4.98 Å². The largest absolute Gasteiger partial charge is 0.494 e. The molecule has 1 aromatic heterocycles. The van der Waals surface area contributed by atoms with E-state index in [-0.39, 0.29) is 5.56 Å². The Labute approximate surface area is 82.1 Å². The number of nitrogens with zero attached hydrogens (tertiary/aromatic N) is 1. The Morgan fingerprint density at radius 3 is 2.71 bits per heavy atom. The molecule has 0 atom stereocenters. The second-order valence-corrected chi connectivity index (χ2v) is 3.75. The van der Waals surface area contributed by atoms with E-state index in [1.165, 1.54) is 11.8 Å². The molecule has 0 saturated carbocycles. The third-order valence-electron chi connectivity index (χ3n) is 1.72. The van der Waals surface area contributed by atoms with Gasteiger partial charge in [0.1, 0.15) is 10.6 Å². The van der Waals surface area contributed by atoms with Crippen LogP contribution in [0.25, 0.3) is 0 Å². The van der Waals surface area contributed by atoms with Gasteiger partial charge in [0.2, 0.25) is 5.88 Å². The van der Waals surface area contributed by atoms with Gasteiger partial charge in [-0.15, -0.1) is 11.8 Å². The monoisotopic (exact) mass is 213 g/mol. The summed E-state index contributed by atoms with van der Waals surface area (Å²) in [7, 11) is 0. The molecule has 74 valence electrons. The topological polar surface area (TPSA) is 98.3 Å². The van der Waals surface area contributed by atoms with Crippen LogP contribution < -0.4 is 11.2 Å². The van der Waals surface area contributed by atoms with Crippen LogP contribution in [0.2, 0.25) is 0 Å². The van der Waals surface area contributed by atoms with Gasteiger partial charge in [0.25, 0.3) is 5.56 Å². The maximum absolute atomic E-state index is 11.3. The summed E-state index contributed by atoms with van der Waals surface area (Å²) in [5.74, 6) is 0.361. The van der Waals surface area contributed by atoms with E-state index >= 15 is 0 Å². The number of rotatable bonds is 1. The van der Waals surface area contributed by atoms with E-state index in [1.54, 1.807) is 0 Å². The molecule has 0 saturated heterocycles. The smallest absolute Gasteiger partial charge is 0.328 e. The highest BCUT2D eigenvalue weighted by Gasteiger charge is 2.18. The molecule has 2 rings (SSSR count). The minimum atomic E-state index is -0.722. The van der Waals surface area contributed by atoms with Gasteiger partial charge in [-0.2, -0.15) is 0 Å². The lowest BCUT2D eigenvalue weighted by atomic mass is 10.3. The highest BCUT2D eigenvalue weighted by atomic mass is 32.2. The van der Waals surface area contributed by atoms with Gasteiger partial charge >= 0.3 is 5.69 Å². The van der Waals surface area contributed by atoms with E-state index in [0.717, 1.165) is 5.75 Å². The molecule has 1 aliphatic heterocycles. The van der Waals surface area contributed by atoms with Crippen molar-refractivity contribution in [2.75, 3.05) is 12.3 Å². The fraction of sp³-hybridized carbons (Fsp3) is 0.286. The van der Waals surface area contributed by atoms with Crippen molar-refractivity contribution in [2.45, 2.75) is 0 Å². The average molecular weight is 213 g/mol. The van der Waals surface area contributed by atoms with Crippen molar-refractivity contribution in [3.8, 4) is 5.88 Å². The molecule has 0 aliphatic carbocycles. The Morgan fingerprint density at radius 2 is 2.14 bits per heavy atom. The lowest BCUT2D eigenvalue weighted by molar-refractivity contribution is 0.447. The van der Waals surface area contributed by atoms with E-state index in [4.69, 9.17) is 0 Å². The fourth-order valence-corrected chi connectivity index (χ4v) is 2.05. The zero-order chi connectivity index (χ0) is 10.1. The maximum atomic E-state index is 11.3. The van der Waals surface area contributed by atoms with Crippen LogP contribution in [-0.4, -0.2) is 32.4 Å². The summed E-state index contributed by atoms with van der Waals surface area (Å²) in [5, 5.41) is 9.84. The molecule has 0 aromatic carbocycles. The molecule has 0 amide bonds. The van der Waals surface area contributed by atoms with Crippen molar-refractivity contribution in [3.63, 3.8) is 0 Å². The number of aliphatic imine (C=N–C) groups is 1. The number of thioether (sulfide) groups is 1. The molecular weight excluding hydrogens is 206 g/mol. The van der Waals surface area contributed by atoms with Crippen LogP contribution in [0.5, 0.6) is 5.88 Å². The molecule has 1 aromatic rings. The second-order valence-electron chi connectivity index (χ2n) is 2.67. The average Bonchev–Trinajstić information content (AvgIpc) is 2.54. The quantitative estimate of drug-likeness (QED) is 0.572. The molecule has 1 aliphatic rings. The molecule has 0 bridgehead atoms. The van der Waals surface area contributed by atoms with Gasteiger partial charge in [0.05, 0.1) is 0 Å². The number of H-pyrrole nitrogens is 2. The summed E-state index contributed by atoms with van der Waals surface area (Å²) in [5.41, 5.74) is -1.29. The van der Waals surface area contributed by atoms with Crippen LogP contribution in [0.4, 0.5) is 0 Å². The van der Waals surface area contributed by atoms with Gasteiger partial charge < -0.3 is 5.11 Å². The van der Waals surface area contributed by atoms with Gasteiger partial charge in [0.15, 0.2) is 0 Å². The Bertz CT molecular complexity index is 502. The SMILES string of the molecule is O=c1[nH]c(O)c(C2=NCCS2)c(=O)[nH]1. The number of aromatic amines is 2. The third kappa shape index (κ3) is 1.46. The summed E-state index contributed by atoms with van der Waals surface area (Å²) in [6.45, 7) is 0.623. The Kier molecular flexibility index (Phi) is 2.16. The molecule has 7 heteroatoms. The summed E-state index contributed by atoms with van der Waals surface area (Å²) in [6, 6.07) is 0. The minimum absolute atomic E-state index is 0.0482. The first-order chi connectivity index (χ1) is 6.68. The first-order valence-corrected chi connectivity index (χ1v) is 4.90. The second kappa shape index (κ2) is 3.33. The summed E-state index contributed by atoms with van der Waals surface area (Å²) >= 11 is 1.38. The normalized spacial score (nSPS) is 15.6. The summed E-state index contributed by atoms with van der Waals surface area (Å²) in [4.78, 5) is 30.3. The van der Waals surface area contributed by atoms with Gasteiger partial charge in [-0.25, -0.2) is 4.79 Å². The van der Waals surface area contributed by atoms with Crippen LogP contribution in [0.3, 0.4) is 0 Å². The van der Waals surface area contributed by atoms with Gasteiger partial charge in [-0.1, -0.05) is 0 Å². The molecule has 0 fully saturated rings. The van der Waals surface area contributed by atoms with E-state index in [0.29, 0.717) is 11.6 Å². The van der Waals surface area contributed by atoms with Crippen molar-refractivity contribution in [1.29, 1.82) is 0 Å². The van der Waals surface area contributed by atoms with Crippen LogP contribution in [-0.2, 0) is 0 Å². The van der Waals surface area contributed by atoms with Crippen LogP contribution in [0.1, 0.15) is 5.56 Å². The van der Waals surface area contributed by atoms with Crippen molar-refractivity contribution in [1.82, 2.24) is 9.97 Å². The van der Waals surface area contributed by atoms with Crippen molar-refractivity contribution < 1.29 is 5.11 Å². The molecule has 0 unspecified atom stereocenters. The first-order valence-electron chi connectivity index (χ1n) is 3.91. The molecule has 6 nitrogen and oxygen atoms in total. The lowest BCUT2D eigenvalue weighted by Crippen LogP contribution is -2.26. The van der Waals surface area contributed by atoms with Crippen LogP contribution in [0.15, 0.2) is 14.6 Å². The van der Waals surface area contributed by atoms with E-state index in [9.17, 15) is 14.7 Å². The lowest BCUT2D eigenvalue weighted by Gasteiger charge is -2.00. The fourth-order valence-electron chi connectivity index (χ4n) is 1.16. The predicted molar refractivity (Wildman–Crippen MR) is 53.2 cm³/mol. The molecule has 0 spiro atoms. The first kappa shape index (κ1) is 9.07. The molecule has 14 heavy (non-hydrogen) atoms. The van der Waals surface area contributed by atoms with E-state index < -0.39 is 17.1 Å². The standard InChI is InChI=1S/C7H7N3O3S/c11-4-3(6-8-1-2-14-6)5(12)10-7(13)9-4/h1-2H2,(H3,9,10,11,12,13). The van der Waals surface area contributed by atoms with Crippen molar-refractivity contribution >= 4 is 16.8 Å². The van der Waals surface area contributed by atoms with Crippen LogP contribution >= 0.6 is 11.8 Å². The predicted octanol–water partition coefficient (Wildman–Crippen LogP) is -0.738. The van der Waals surface area contributed by atoms with Crippen molar-refractivity contribution in [2.24, 2.45) is 4.99 Å². The number of nitrogens with one attached hydrogen (secondary N) is 2. The van der Waals surface area contributed by atoms with Gasteiger partial charge in [-0.05, 0) is 0 Å². The van der Waals surface area contributed by atoms with Crippen molar-refractivity contribution in [3.05, 3.63) is 26.4 Å².